The van der Waals surface area contributed by atoms with Crippen LogP contribution in [0.5, 0.6) is 0 Å². The normalized spacial score (nSPS) is 10.5. The van der Waals surface area contributed by atoms with Crippen molar-refractivity contribution < 1.29 is 14.1 Å². The summed E-state index contributed by atoms with van der Waals surface area (Å²) < 4.78 is 10.4. The van der Waals surface area contributed by atoms with Gasteiger partial charge in [-0.1, -0.05) is 41.9 Å². The van der Waals surface area contributed by atoms with Gasteiger partial charge in [-0.3, -0.25) is 0 Å². The van der Waals surface area contributed by atoms with Crippen molar-refractivity contribution in [3.05, 3.63) is 65.5 Å². The second-order valence-corrected chi connectivity index (χ2v) is 5.94. The van der Waals surface area contributed by atoms with Gasteiger partial charge in [-0.15, -0.1) is 0 Å². The number of rotatable bonds is 7. The molecule has 0 bridgehead atoms. The molecule has 2 aromatic carbocycles. The van der Waals surface area contributed by atoms with Crippen LogP contribution in [-0.4, -0.2) is 22.7 Å². The molecule has 134 valence electrons. The first-order chi connectivity index (χ1) is 12.7. The van der Waals surface area contributed by atoms with Gasteiger partial charge in [0.15, 0.2) is 0 Å². The lowest BCUT2D eigenvalue weighted by Crippen LogP contribution is -2.06. The summed E-state index contributed by atoms with van der Waals surface area (Å²) in [6, 6.07) is 15.0. The Hall–Kier alpha value is -3.15. The van der Waals surface area contributed by atoms with Crippen LogP contribution >= 0.6 is 0 Å². The van der Waals surface area contributed by atoms with E-state index in [-0.39, 0.29) is 5.97 Å². The number of hydrogen-bond donors (Lipinski definition) is 1. The van der Waals surface area contributed by atoms with Crippen LogP contribution in [0.15, 0.2) is 53.1 Å². The zero-order valence-electron chi connectivity index (χ0n) is 14.9. The van der Waals surface area contributed by atoms with Crippen molar-refractivity contribution in [3.8, 4) is 11.4 Å². The van der Waals surface area contributed by atoms with Crippen LogP contribution in [0.4, 0.5) is 5.69 Å². The van der Waals surface area contributed by atoms with Crippen molar-refractivity contribution in [1.82, 2.24) is 10.1 Å². The van der Waals surface area contributed by atoms with Gasteiger partial charge in [0.25, 0.3) is 0 Å². The van der Waals surface area contributed by atoms with Gasteiger partial charge >= 0.3 is 5.97 Å². The Labute approximate surface area is 152 Å². The molecule has 1 aromatic heterocycles. The number of nitrogens with zero attached hydrogens (tertiary/aromatic N) is 2. The molecule has 1 N–H and O–H groups in total. The van der Waals surface area contributed by atoms with Crippen LogP contribution in [0.1, 0.15) is 35.2 Å². The lowest BCUT2D eigenvalue weighted by molar-refractivity contribution is 0.0505. The molecule has 0 unspecified atom stereocenters. The molecule has 0 amide bonds. The fourth-order valence-corrected chi connectivity index (χ4v) is 2.33. The highest BCUT2D eigenvalue weighted by atomic mass is 16.5. The van der Waals surface area contributed by atoms with E-state index in [4.69, 9.17) is 9.26 Å². The number of benzene rings is 2. The van der Waals surface area contributed by atoms with Crippen LogP contribution in [0.3, 0.4) is 0 Å². The van der Waals surface area contributed by atoms with E-state index in [1.807, 2.05) is 50.2 Å². The Morgan fingerprint density at radius 3 is 2.54 bits per heavy atom. The summed E-state index contributed by atoms with van der Waals surface area (Å²) in [5.41, 5.74) is 3.48. The molecule has 26 heavy (non-hydrogen) atoms. The first-order valence-electron chi connectivity index (χ1n) is 8.56. The van der Waals surface area contributed by atoms with E-state index in [0.717, 1.165) is 17.7 Å². The van der Waals surface area contributed by atoms with E-state index in [1.54, 1.807) is 12.1 Å². The van der Waals surface area contributed by atoms with E-state index in [2.05, 4.69) is 15.5 Å². The molecular formula is C20H21N3O3. The highest BCUT2D eigenvalue weighted by Crippen LogP contribution is 2.17. The fraction of sp³-hybridized carbons (Fsp3) is 0.250. The van der Waals surface area contributed by atoms with Crippen LogP contribution in [0, 0.1) is 6.92 Å². The number of ether oxygens (including phenoxy) is 1. The van der Waals surface area contributed by atoms with Gasteiger partial charge in [-0.25, -0.2) is 4.79 Å². The van der Waals surface area contributed by atoms with Crippen molar-refractivity contribution in [2.24, 2.45) is 0 Å². The van der Waals surface area contributed by atoms with Gasteiger partial charge in [-0.05, 0) is 37.6 Å². The van der Waals surface area contributed by atoms with E-state index in [0.29, 0.717) is 30.4 Å². The molecule has 3 rings (SSSR count). The van der Waals surface area contributed by atoms with E-state index in [1.165, 1.54) is 5.56 Å². The van der Waals surface area contributed by atoms with Crippen molar-refractivity contribution in [2.45, 2.75) is 26.8 Å². The number of carbonyl (C=O) groups is 1. The van der Waals surface area contributed by atoms with E-state index in [9.17, 15) is 4.79 Å². The number of nitrogens with one attached hydrogen (secondary N) is 1. The maximum Gasteiger partial charge on any atom is 0.338 e. The zero-order chi connectivity index (χ0) is 18.4. The van der Waals surface area contributed by atoms with E-state index >= 15 is 0 Å². The molecule has 6 nitrogen and oxygen atoms in total. The lowest BCUT2D eigenvalue weighted by Gasteiger charge is -2.05. The van der Waals surface area contributed by atoms with Crippen molar-refractivity contribution in [3.63, 3.8) is 0 Å². The third-order valence-corrected chi connectivity index (χ3v) is 3.78. The molecule has 0 atom stereocenters. The summed E-state index contributed by atoms with van der Waals surface area (Å²) in [7, 11) is 0. The van der Waals surface area contributed by atoms with Gasteiger partial charge in [0.05, 0.1) is 18.7 Å². The molecule has 0 radical (unpaired) electrons. The molecular weight excluding hydrogens is 330 g/mol. The summed E-state index contributed by atoms with van der Waals surface area (Å²) in [5.74, 6) is 0.751. The van der Waals surface area contributed by atoms with Gasteiger partial charge in [-0.2, -0.15) is 4.98 Å². The minimum Gasteiger partial charge on any atom is -0.462 e. The van der Waals surface area contributed by atoms with E-state index < -0.39 is 0 Å². The first kappa shape index (κ1) is 17.7. The second kappa shape index (κ2) is 8.29. The first-order valence-corrected chi connectivity index (χ1v) is 8.56. The van der Waals surface area contributed by atoms with Crippen LogP contribution in [-0.2, 0) is 11.3 Å². The standard InChI is InChI=1S/C20H21N3O3/c1-3-12-25-20(24)16-8-10-17(11-9-16)21-13-18-22-19(23-26-18)15-6-4-14(2)5-7-15/h4-11,21H,3,12-13H2,1-2H3. The van der Waals surface area contributed by atoms with Crippen molar-refractivity contribution >= 4 is 11.7 Å². The molecule has 0 aliphatic rings. The Kier molecular flexibility index (Phi) is 5.63. The maximum atomic E-state index is 11.8. The largest absolute Gasteiger partial charge is 0.462 e. The fourth-order valence-electron chi connectivity index (χ4n) is 2.33. The third-order valence-electron chi connectivity index (χ3n) is 3.78. The Balaban J connectivity index is 1.57. The quantitative estimate of drug-likeness (QED) is 0.642. The maximum absolute atomic E-state index is 11.8. The topological polar surface area (TPSA) is 77.2 Å². The predicted molar refractivity (Wildman–Crippen MR) is 98.8 cm³/mol. The highest BCUT2D eigenvalue weighted by molar-refractivity contribution is 5.89. The minimum atomic E-state index is -0.307. The lowest BCUT2D eigenvalue weighted by atomic mass is 10.1. The zero-order valence-corrected chi connectivity index (χ0v) is 14.9. The number of esters is 1. The number of hydrogen-bond acceptors (Lipinski definition) is 6. The summed E-state index contributed by atoms with van der Waals surface area (Å²) in [5, 5.41) is 7.20. The summed E-state index contributed by atoms with van der Waals surface area (Å²) >= 11 is 0. The molecule has 3 aromatic rings. The molecule has 0 fully saturated rings. The van der Waals surface area contributed by atoms with Crippen LogP contribution in [0.25, 0.3) is 11.4 Å². The Morgan fingerprint density at radius 2 is 1.85 bits per heavy atom. The molecule has 1 heterocycles. The molecule has 0 saturated heterocycles. The number of anilines is 1. The van der Waals surface area contributed by atoms with Crippen molar-refractivity contribution in [2.75, 3.05) is 11.9 Å². The second-order valence-electron chi connectivity index (χ2n) is 5.94. The highest BCUT2D eigenvalue weighted by Gasteiger charge is 2.09. The summed E-state index contributed by atoms with van der Waals surface area (Å²) in [6.07, 6.45) is 0.806. The SMILES string of the molecule is CCCOC(=O)c1ccc(NCc2nc(-c3ccc(C)cc3)no2)cc1. The molecule has 0 aliphatic carbocycles. The van der Waals surface area contributed by atoms with Gasteiger partial charge in [0.2, 0.25) is 11.7 Å². The smallest absolute Gasteiger partial charge is 0.338 e. The third kappa shape index (κ3) is 4.47. The number of aromatic nitrogens is 2. The summed E-state index contributed by atoms with van der Waals surface area (Å²) in [4.78, 5) is 16.2. The van der Waals surface area contributed by atoms with Crippen molar-refractivity contribution in [1.29, 1.82) is 0 Å². The monoisotopic (exact) mass is 351 g/mol. The van der Waals surface area contributed by atoms with Gasteiger partial charge in [0, 0.05) is 11.3 Å². The average molecular weight is 351 g/mol. The number of aryl methyl sites for hydroxylation is 1. The van der Waals surface area contributed by atoms with Crippen LogP contribution < -0.4 is 5.32 Å². The minimum absolute atomic E-state index is 0.307. The predicted octanol–water partition coefficient (Wildman–Crippen LogP) is 4.22. The average Bonchev–Trinajstić information content (AvgIpc) is 3.14. The summed E-state index contributed by atoms with van der Waals surface area (Å²) in [6.45, 7) is 4.82. The molecule has 0 aliphatic heterocycles. The number of carbonyl (C=O) groups excluding carboxylic acids is 1. The Morgan fingerprint density at radius 1 is 1.12 bits per heavy atom. The molecule has 6 heteroatoms. The Bertz CT molecular complexity index is 855. The van der Waals surface area contributed by atoms with Crippen LogP contribution in [0.2, 0.25) is 0 Å². The molecule has 0 spiro atoms. The molecule has 0 saturated carbocycles. The van der Waals surface area contributed by atoms with Gasteiger partial charge < -0.3 is 14.6 Å². The van der Waals surface area contributed by atoms with Gasteiger partial charge in [0.1, 0.15) is 0 Å².